The summed E-state index contributed by atoms with van der Waals surface area (Å²) in [5.41, 5.74) is 5.92. The molecule has 0 unspecified atom stereocenters. The fourth-order valence-corrected chi connectivity index (χ4v) is 5.69. The van der Waals surface area contributed by atoms with E-state index in [-0.39, 0.29) is 70.6 Å². The first-order chi connectivity index (χ1) is 20.5. The molecule has 0 saturated carbocycles. The number of aromatic hydroxyl groups is 1. The number of hydrogen-bond acceptors (Lipinski definition) is 11. The summed E-state index contributed by atoms with van der Waals surface area (Å²) in [5, 5.41) is 10.6. The third-order valence-electron chi connectivity index (χ3n) is 6.37. The first-order valence-corrected chi connectivity index (χ1v) is 14.1. The molecule has 0 saturated heterocycles. The summed E-state index contributed by atoms with van der Waals surface area (Å²) in [6.45, 7) is 5.51. The zero-order chi connectivity index (χ0) is 31.3. The number of carbonyl (C=O) groups is 4. The van der Waals surface area contributed by atoms with Crippen LogP contribution in [0.2, 0.25) is 0 Å². The summed E-state index contributed by atoms with van der Waals surface area (Å²) in [4.78, 5) is 48.8. The second-order valence-corrected chi connectivity index (χ2v) is 10.9. The lowest BCUT2D eigenvalue weighted by atomic mass is 9.82. The zero-order valence-corrected chi connectivity index (χ0v) is 23.5. The van der Waals surface area contributed by atoms with Gasteiger partial charge in [0.1, 0.15) is 24.7 Å². The summed E-state index contributed by atoms with van der Waals surface area (Å²) < 4.78 is 43.3. The highest BCUT2D eigenvalue weighted by molar-refractivity contribution is 7.89. The van der Waals surface area contributed by atoms with E-state index in [4.69, 9.17) is 19.9 Å². The predicted molar refractivity (Wildman–Crippen MR) is 153 cm³/mol. The van der Waals surface area contributed by atoms with Crippen molar-refractivity contribution in [3.63, 3.8) is 0 Å². The van der Waals surface area contributed by atoms with Crippen molar-refractivity contribution in [3.05, 3.63) is 102 Å². The van der Waals surface area contributed by atoms with Gasteiger partial charge in [-0.2, -0.15) is 4.31 Å². The first kappa shape index (κ1) is 30.7. The van der Waals surface area contributed by atoms with Crippen LogP contribution in [0.25, 0.3) is 0 Å². The Balaban J connectivity index is 1.57. The van der Waals surface area contributed by atoms with Crippen molar-refractivity contribution in [1.82, 2.24) is 4.31 Å². The van der Waals surface area contributed by atoms with Gasteiger partial charge in [0.25, 0.3) is 0 Å². The van der Waals surface area contributed by atoms with E-state index < -0.39 is 39.3 Å². The number of carbonyl (C=O) groups excluding carboxylic acids is 4. The molecule has 0 amide bonds. The van der Waals surface area contributed by atoms with E-state index in [0.717, 1.165) is 22.5 Å². The predicted octanol–water partition coefficient (Wildman–Crippen LogP) is 2.99. The van der Waals surface area contributed by atoms with E-state index in [9.17, 15) is 32.7 Å². The fraction of sp³-hybridized carbons (Fsp3) is 0.133. The van der Waals surface area contributed by atoms with Crippen molar-refractivity contribution < 1.29 is 46.9 Å². The minimum absolute atomic E-state index is 0.103. The molecule has 3 N–H and O–H groups in total. The van der Waals surface area contributed by atoms with Gasteiger partial charge in [-0.05, 0) is 24.3 Å². The molecule has 12 nitrogen and oxygen atoms in total. The average molecular weight is 607 g/mol. The van der Waals surface area contributed by atoms with Gasteiger partial charge >= 0.3 is 11.9 Å². The molecule has 13 heteroatoms. The third-order valence-corrected chi connectivity index (χ3v) is 8.28. The van der Waals surface area contributed by atoms with Gasteiger partial charge in [-0.25, -0.2) is 18.0 Å². The Labute approximate surface area is 246 Å². The molecule has 0 heterocycles. The Morgan fingerprint density at radius 1 is 0.860 bits per heavy atom. The Bertz CT molecular complexity index is 1720. The lowest BCUT2D eigenvalue weighted by Gasteiger charge is -2.22. The van der Waals surface area contributed by atoms with Crippen LogP contribution in [-0.2, 0) is 29.1 Å². The molecule has 0 aromatic heterocycles. The quantitative estimate of drug-likeness (QED) is 0.105. The Kier molecular flexibility index (Phi) is 9.07. The van der Waals surface area contributed by atoms with Crippen LogP contribution in [0, 0.1) is 0 Å². The summed E-state index contributed by atoms with van der Waals surface area (Å²) in [6.07, 6.45) is 1.87. The number of phenols is 1. The van der Waals surface area contributed by atoms with Gasteiger partial charge in [0.15, 0.2) is 17.3 Å². The number of fused-ring (bicyclic) bond motifs is 2. The van der Waals surface area contributed by atoms with E-state index in [2.05, 4.69) is 13.2 Å². The maximum atomic E-state index is 13.4. The minimum atomic E-state index is -4.17. The Morgan fingerprint density at radius 3 is 1.88 bits per heavy atom. The molecule has 1 aliphatic rings. The van der Waals surface area contributed by atoms with Gasteiger partial charge in [-0.15, -0.1) is 0 Å². The highest BCUT2D eigenvalue weighted by Crippen LogP contribution is 2.42. The van der Waals surface area contributed by atoms with Gasteiger partial charge < -0.3 is 25.1 Å². The lowest BCUT2D eigenvalue weighted by Crippen LogP contribution is -2.37. The first-order valence-electron chi connectivity index (χ1n) is 12.7. The average Bonchev–Trinajstić information content (AvgIpc) is 3.00. The molecular weight excluding hydrogens is 580 g/mol. The van der Waals surface area contributed by atoms with Gasteiger partial charge in [0, 0.05) is 42.4 Å². The number of nitrogens with two attached hydrogens (primary N) is 1. The van der Waals surface area contributed by atoms with Crippen LogP contribution in [-0.4, -0.2) is 67.6 Å². The van der Waals surface area contributed by atoms with Gasteiger partial charge in [0.05, 0.1) is 21.7 Å². The van der Waals surface area contributed by atoms with E-state index in [0.29, 0.717) is 0 Å². The van der Waals surface area contributed by atoms with Crippen molar-refractivity contribution >= 4 is 39.2 Å². The minimum Gasteiger partial charge on any atom is -0.507 e. The van der Waals surface area contributed by atoms with Crippen molar-refractivity contribution in [2.75, 3.05) is 32.0 Å². The maximum Gasteiger partial charge on any atom is 0.330 e. The normalized spacial score (nSPS) is 12.2. The number of nitrogens with zero attached hydrogens (tertiary/aromatic N) is 1. The van der Waals surface area contributed by atoms with Crippen LogP contribution >= 0.6 is 0 Å². The highest BCUT2D eigenvalue weighted by atomic mass is 32.2. The third kappa shape index (κ3) is 6.32. The standard InChI is InChI=1S/C30H26N2O10S/c1-3-24(34)40-15-13-32(14-16-41-25(35)4-2)43(38,39)19-11-9-18(10-12-19)42-23-17-22(33)26-27(28(23)31)30(37)21-8-6-5-7-20(21)29(26)36/h3-12,17,33H,1-2,13-16,31H2. The number of rotatable bonds is 12. The van der Waals surface area contributed by atoms with E-state index in [1.807, 2.05) is 0 Å². The monoisotopic (exact) mass is 606 g/mol. The van der Waals surface area contributed by atoms with Crippen LogP contribution in [0.5, 0.6) is 17.2 Å². The number of phenolic OH excluding ortho intramolecular Hbond substituents is 1. The largest absolute Gasteiger partial charge is 0.507 e. The molecule has 4 rings (SSSR count). The summed E-state index contributed by atoms with van der Waals surface area (Å²) in [5.74, 6) is -3.11. The van der Waals surface area contributed by atoms with Crippen LogP contribution in [0.3, 0.4) is 0 Å². The molecule has 1 aliphatic carbocycles. The number of ketones is 2. The maximum absolute atomic E-state index is 13.4. The van der Waals surface area contributed by atoms with Gasteiger partial charge in [-0.1, -0.05) is 37.4 Å². The van der Waals surface area contributed by atoms with Gasteiger partial charge in [-0.3, -0.25) is 9.59 Å². The van der Waals surface area contributed by atoms with Gasteiger partial charge in [0.2, 0.25) is 10.0 Å². The molecule has 43 heavy (non-hydrogen) atoms. The lowest BCUT2D eigenvalue weighted by molar-refractivity contribution is -0.137. The summed E-state index contributed by atoms with van der Waals surface area (Å²) in [7, 11) is -4.17. The molecule has 0 aliphatic heterocycles. The van der Waals surface area contributed by atoms with Crippen molar-refractivity contribution in [2.24, 2.45) is 0 Å². The number of ether oxygens (including phenoxy) is 3. The molecule has 222 valence electrons. The number of benzene rings is 3. The number of esters is 2. The molecule has 3 aromatic carbocycles. The topological polar surface area (TPSA) is 180 Å². The van der Waals surface area contributed by atoms with Crippen molar-refractivity contribution in [2.45, 2.75) is 4.90 Å². The highest BCUT2D eigenvalue weighted by Gasteiger charge is 2.35. The molecule has 0 fully saturated rings. The number of anilines is 1. The van der Waals surface area contributed by atoms with Crippen LogP contribution in [0.15, 0.2) is 84.8 Å². The molecule has 0 atom stereocenters. The number of nitrogen functional groups attached to an aromatic ring is 1. The summed E-state index contributed by atoms with van der Waals surface area (Å²) >= 11 is 0. The molecule has 0 bridgehead atoms. The molecular formula is C30H26N2O10S. The van der Waals surface area contributed by atoms with E-state index >= 15 is 0 Å². The van der Waals surface area contributed by atoms with Crippen LogP contribution in [0.1, 0.15) is 31.8 Å². The zero-order valence-electron chi connectivity index (χ0n) is 22.6. The number of sulfonamides is 1. The molecule has 3 aromatic rings. The SMILES string of the molecule is C=CC(=O)OCCN(CCOC(=O)C=C)S(=O)(=O)c1ccc(Oc2cc(O)c3c(c2N)C(=O)c2ccccc2C3=O)cc1. The number of hydrogen-bond donors (Lipinski definition) is 2. The Hall–Kier alpha value is -5.27. The van der Waals surface area contributed by atoms with E-state index in [1.165, 1.54) is 36.4 Å². The van der Waals surface area contributed by atoms with Crippen molar-refractivity contribution in [1.29, 1.82) is 0 Å². The fourth-order valence-electron chi connectivity index (χ4n) is 4.28. The molecule has 0 spiro atoms. The Morgan fingerprint density at radius 2 is 1.37 bits per heavy atom. The van der Waals surface area contributed by atoms with Crippen LogP contribution in [0.4, 0.5) is 5.69 Å². The second-order valence-electron chi connectivity index (χ2n) is 8.98. The molecule has 0 radical (unpaired) electrons. The summed E-state index contributed by atoms with van der Waals surface area (Å²) in [6, 6.07) is 12.4. The van der Waals surface area contributed by atoms with Crippen molar-refractivity contribution in [3.8, 4) is 17.2 Å². The van der Waals surface area contributed by atoms with Crippen LogP contribution < -0.4 is 10.5 Å². The van der Waals surface area contributed by atoms with E-state index in [1.54, 1.807) is 12.1 Å². The second kappa shape index (κ2) is 12.7. The smallest absolute Gasteiger partial charge is 0.330 e.